The lowest BCUT2D eigenvalue weighted by Gasteiger charge is -2.17. The molecule has 3 rings (SSSR count). The van der Waals surface area contributed by atoms with Gasteiger partial charge < -0.3 is 15.8 Å². The summed E-state index contributed by atoms with van der Waals surface area (Å²) in [6.45, 7) is 0.247. The third kappa shape index (κ3) is 5.43. The third-order valence-corrected chi connectivity index (χ3v) is 4.59. The van der Waals surface area contributed by atoms with Crippen molar-refractivity contribution in [1.29, 1.82) is 5.41 Å². The Morgan fingerprint density at radius 1 is 1.07 bits per heavy atom. The Labute approximate surface area is 181 Å². The minimum atomic E-state index is -1.07. The molecule has 156 valence electrons. The van der Waals surface area contributed by atoms with Gasteiger partial charge in [-0.15, -0.1) is 12.4 Å². The number of carbonyl (C=O) groups is 1. The van der Waals surface area contributed by atoms with Crippen molar-refractivity contribution >= 4 is 24.1 Å². The van der Waals surface area contributed by atoms with Crippen molar-refractivity contribution < 1.29 is 13.9 Å². The number of nitrogens with one attached hydrogen (secondary N) is 2. The molecule has 0 saturated heterocycles. The smallest absolute Gasteiger partial charge is 0.254 e. The van der Waals surface area contributed by atoms with Gasteiger partial charge in [0.1, 0.15) is 11.7 Å². The van der Waals surface area contributed by atoms with Gasteiger partial charge >= 0.3 is 0 Å². The molecule has 7 heteroatoms. The molecule has 0 saturated carbocycles. The first-order chi connectivity index (χ1) is 14.0. The normalized spacial score (nSPS) is 11.3. The summed E-state index contributed by atoms with van der Waals surface area (Å²) in [4.78, 5) is 12.7. The van der Waals surface area contributed by atoms with Crippen LogP contribution in [-0.4, -0.2) is 18.9 Å². The van der Waals surface area contributed by atoms with Crippen molar-refractivity contribution in [1.82, 2.24) is 5.32 Å². The predicted molar refractivity (Wildman–Crippen MR) is 118 cm³/mol. The molecule has 0 aliphatic heterocycles. The molecular formula is C23H23ClFN3O2. The molecule has 5 nitrogen and oxygen atoms in total. The first-order valence-electron chi connectivity index (χ1n) is 9.08. The molecule has 0 aliphatic carbocycles. The fourth-order valence-electron chi connectivity index (χ4n) is 3.01. The van der Waals surface area contributed by atoms with Gasteiger partial charge in [-0.05, 0) is 28.8 Å². The molecule has 1 amide bonds. The number of amides is 1. The molecule has 3 aromatic carbocycles. The zero-order valence-corrected chi connectivity index (χ0v) is 17.2. The van der Waals surface area contributed by atoms with E-state index < -0.39 is 17.8 Å². The largest absolute Gasteiger partial charge is 0.384 e. The third-order valence-electron chi connectivity index (χ3n) is 4.59. The van der Waals surface area contributed by atoms with Gasteiger partial charge in [0.2, 0.25) is 0 Å². The number of nitrogens with two attached hydrogens (primary N) is 1. The number of rotatable bonds is 7. The number of nitrogen functional groups attached to an aromatic ring is 1. The van der Waals surface area contributed by atoms with E-state index >= 15 is 0 Å². The van der Waals surface area contributed by atoms with Crippen molar-refractivity contribution in [2.24, 2.45) is 5.73 Å². The molecule has 3 aromatic rings. The maximum Gasteiger partial charge on any atom is 0.254 e. The van der Waals surface area contributed by atoms with Crippen LogP contribution in [0.1, 0.15) is 22.8 Å². The highest BCUT2D eigenvalue weighted by atomic mass is 35.5. The first kappa shape index (κ1) is 23.1. The van der Waals surface area contributed by atoms with Gasteiger partial charge in [0.05, 0.1) is 0 Å². The van der Waals surface area contributed by atoms with E-state index in [0.717, 1.165) is 16.7 Å². The highest BCUT2D eigenvalue weighted by Gasteiger charge is 2.24. The molecule has 0 aromatic heterocycles. The maximum absolute atomic E-state index is 14.5. The zero-order chi connectivity index (χ0) is 20.8. The average Bonchev–Trinajstić information content (AvgIpc) is 2.75. The molecule has 4 N–H and O–H groups in total. The monoisotopic (exact) mass is 427 g/mol. The molecule has 1 unspecified atom stereocenters. The van der Waals surface area contributed by atoms with Crippen LogP contribution < -0.4 is 11.1 Å². The van der Waals surface area contributed by atoms with E-state index in [0.29, 0.717) is 5.56 Å². The highest BCUT2D eigenvalue weighted by Crippen LogP contribution is 2.27. The number of halogens is 2. The summed E-state index contributed by atoms with van der Waals surface area (Å²) in [5.74, 6) is -0.960. The summed E-state index contributed by atoms with van der Waals surface area (Å²) in [6.07, 6.45) is -1.07. The minimum absolute atomic E-state index is 0. The molecule has 0 spiro atoms. The van der Waals surface area contributed by atoms with Crippen LogP contribution in [0.15, 0.2) is 72.8 Å². The lowest BCUT2D eigenvalue weighted by atomic mass is 9.99. The fraction of sp³-hybridized carbons (Fsp3) is 0.130. The highest BCUT2D eigenvalue weighted by molar-refractivity contribution is 5.94. The fourth-order valence-corrected chi connectivity index (χ4v) is 3.01. The van der Waals surface area contributed by atoms with E-state index in [4.69, 9.17) is 15.9 Å². The molecule has 1 atom stereocenters. The minimum Gasteiger partial charge on any atom is -0.384 e. The van der Waals surface area contributed by atoms with Crippen molar-refractivity contribution in [3.8, 4) is 11.1 Å². The summed E-state index contributed by atoms with van der Waals surface area (Å²) in [5.41, 5.74) is 8.78. The van der Waals surface area contributed by atoms with E-state index in [1.165, 1.54) is 13.2 Å². The van der Waals surface area contributed by atoms with Gasteiger partial charge in [-0.2, -0.15) is 0 Å². The summed E-state index contributed by atoms with van der Waals surface area (Å²) in [6, 6.07) is 21.2. The molecule has 0 radical (unpaired) electrons. The maximum atomic E-state index is 14.5. The molecule has 0 bridgehead atoms. The second-order valence-electron chi connectivity index (χ2n) is 6.55. The topological polar surface area (TPSA) is 88.2 Å². The molecule has 0 aliphatic rings. The zero-order valence-electron chi connectivity index (χ0n) is 16.4. The van der Waals surface area contributed by atoms with Crippen molar-refractivity contribution in [3.63, 3.8) is 0 Å². The lowest BCUT2D eigenvalue weighted by molar-refractivity contribution is -0.131. The number of hydrogen-bond acceptors (Lipinski definition) is 3. The van der Waals surface area contributed by atoms with Gasteiger partial charge in [-0.1, -0.05) is 60.7 Å². The Morgan fingerprint density at radius 2 is 1.73 bits per heavy atom. The van der Waals surface area contributed by atoms with Crippen LogP contribution >= 0.6 is 12.4 Å². The Hall–Kier alpha value is -3.22. The Morgan fingerprint density at radius 3 is 2.33 bits per heavy atom. The standard InChI is InChI=1S/C23H22FN3O2.ClH/c1-29-21(23(28)27-14-15-7-9-17(10-8-15)22(25)26)19-13-18(11-12-20(19)24)16-5-3-2-4-6-16;/h2-13,21H,14H2,1H3,(H3,25,26)(H,27,28);1H. The summed E-state index contributed by atoms with van der Waals surface area (Å²) >= 11 is 0. The lowest BCUT2D eigenvalue weighted by Crippen LogP contribution is -2.30. The molecule has 0 heterocycles. The van der Waals surface area contributed by atoms with E-state index in [1.807, 2.05) is 30.3 Å². The molecule has 0 fully saturated rings. The molecule has 30 heavy (non-hydrogen) atoms. The van der Waals surface area contributed by atoms with Crippen LogP contribution in [-0.2, 0) is 16.1 Å². The summed E-state index contributed by atoms with van der Waals surface area (Å²) in [5, 5.41) is 10.2. The Bertz CT molecular complexity index is 1010. The Kier molecular flexibility index (Phi) is 8.09. The van der Waals surface area contributed by atoms with Gasteiger partial charge in [-0.3, -0.25) is 10.2 Å². The van der Waals surface area contributed by atoms with E-state index in [9.17, 15) is 9.18 Å². The quantitative estimate of drug-likeness (QED) is 0.390. The number of amidine groups is 1. The number of carbonyl (C=O) groups excluding carboxylic acids is 1. The van der Waals surface area contributed by atoms with Crippen molar-refractivity contribution in [2.45, 2.75) is 12.6 Å². The summed E-state index contributed by atoms with van der Waals surface area (Å²) in [7, 11) is 1.38. The van der Waals surface area contributed by atoms with Crippen molar-refractivity contribution in [2.75, 3.05) is 7.11 Å². The first-order valence-corrected chi connectivity index (χ1v) is 9.08. The average molecular weight is 428 g/mol. The van der Waals surface area contributed by atoms with Gasteiger partial charge in [0.25, 0.3) is 5.91 Å². The van der Waals surface area contributed by atoms with E-state index in [2.05, 4.69) is 5.32 Å². The van der Waals surface area contributed by atoms with Gasteiger partial charge in [0, 0.05) is 24.8 Å². The van der Waals surface area contributed by atoms with Crippen LogP contribution in [0.5, 0.6) is 0 Å². The second-order valence-corrected chi connectivity index (χ2v) is 6.55. The van der Waals surface area contributed by atoms with Crippen LogP contribution in [0, 0.1) is 11.2 Å². The SMILES string of the molecule is COC(C(=O)NCc1ccc(C(=N)N)cc1)c1cc(-c2ccccc2)ccc1F.Cl. The van der Waals surface area contributed by atoms with Crippen LogP contribution in [0.25, 0.3) is 11.1 Å². The summed E-state index contributed by atoms with van der Waals surface area (Å²) < 4.78 is 19.8. The predicted octanol–water partition coefficient (Wildman–Crippen LogP) is 4.20. The van der Waals surface area contributed by atoms with Gasteiger partial charge in [0.15, 0.2) is 6.10 Å². The number of benzene rings is 3. The number of methoxy groups -OCH3 is 1. The van der Waals surface area contributed by atoms with Gasteiger partial charge in [-0.25, -0.2) is 4.39 Å². The van der Waals surface area contributed by atoms with Crippen LogP contribution in [0.4, 0.5) is 4.39 Å². The molecular weight excluding hydrogens is 405 g/mol. The van der Waals surface area contributed by atoms with E-state index in [1.54, 1.807) is 36.4 Å². The second kappa shape index (κ2) is 10.5. The number of hydrogen-bond donors (Lipinski definition) is 3. The van der Waals surface area contributed by atoms with Crippen LogP contribution in [0.3, 0.4) is 0 Å². The Balaban J connectivity index is 0.00000320. The van der Waals surface area contributed by atoms with Crippen LogP contribution in [0.2, 0.25) is 0 Å². The van der Waals surface area contributed by atoms with E-state index in [-0.39, 0.29) is 30.4 Å². The number of ether oxygens (including phenoxy) is 1. The van der Waals surface area contributed by atoms with Crippen molar-refractivity contribution in [3.05, 3.63) is 95.3 Å².